The molecule has 1 atom stereocenters. The number of aliphatic hydroxyl groups is 1. The van der Waals surface area contributed by atoms with Crippen molar-refractivity contribution in [2.45, 2.75) is 37.0 Å². The molecule has 1 aromatic carbocycles. The Bertz CT molecular complexity index is 457. The molecule has 0 radical (unpaired) electrons. The number of hydrogen-bond acceptors (Lipinski definition) is 3. The van der Waals surface area contributed by atoms with Gasteiger partial charge in [0.2, 0.25) is 10.0 Å². The van der Waals surface area contributed by atoms with E-state index in [9.17, 15) is 13.5 Å². The van der Waals surface area contributed by atoms with Crippen LogP contribution >= 0.6 is 0 Å². The maximum atomic E-state index is 11.4. The molecule has 17 heavy (non-hydrogen) atoms. The molecule has 5 heteroatoms. The number of hydrogen-bond donors (Lipinski definition) is 2. The maximum absolute atomic E-state index is 11.4. The SMILES string of the molecule is CCCCC(CO)c1ccccc1S(N)(=O)=O. The second kappa shape index (κ2) is 6.14. The van der Waals surface area contributed by atoms with E-state index < -0.39 is 10.0 Å². The van der Waals surface area contributed by atoms with E-state index >= 15 is 0 Å². The topological polar surface area (TPSA) is 80.4 Å². The monoisotopic (exact) mass is 257 g/mol. The first-order valence-electron chi connectivity index (χ1n) is 5.73. The first-order valence-corrected chi connectivity index (χ1v) is 7.28. The van der Waals surface area contributed by atoms with Gasteiger partial charge in [0, 0.05) is 12.5 Å². The lowest BCUT2D eigenvalue weighted by Gasteiger charge is -2.17. The summed E-state index contributed by atoms with van der Waals surface area (Å²) < 4.78 is 22.9. The van der Waals surface area contributed by atoms with Crippen molar-refractivity contribution >= 4 is 10.0 Å². The van der Waals surface area contributed by atoms with Gasteiger partial charge >= 0.3 is 0 Å². The van der Waals surface area contributed by atoms with Crippen LogP contribution in [-0.4, -0.2) is 20.1 Å². The normalized spacial score (nSPS) is 13.6. The van der Waals surface area contributed by atoms with E-state index in [1.54, 1.807) is 18.2 Å². The molecule has 96 valence electrons. The minimum Gasteiger partial charge on any atom is -0.396 e. The Hall–Kier alpha value is -0.910. The minimum absolute atomic E-state index is 0.0630. The van der Waals surface area contributed by atoms with Crippen molar-refractivity contribution in [2.75, 3.05) is 6.61 Å². The smallest absolute Gasteiger partial charge is 0.238 e. The molecule has 0 fully saturated rings. The second-order valence-corrected chi connectivity index (χ2v) is 5.63. The molecule has 4 nitrogen and oxygen atoms in total. The van der Waals surface area contributed by atoms with Gasteiger partial charge in [-0.25, -0.2) is 13.6 Å². The zero-order valence-electron chi connectivity index (χ0n) is 9.96. The summed E-state index contributed by atoms with van der Waals surface area (Å²) in [6.45, 7) is 1.99. The molecule has 0 aliphatic rings. The largest absolute Gasteiger partial charge is 0.396 e. The number of sulfonamides is 1. The number of rotatable bonds is 6. The predicted molar refractivity (Wildman–Crippen MR) is 67.2 cm³/mol. The van der Waals surface area contributed by atoms with Crippen molar-refractivity contribution in [3.8, 4) is 0 Å². The van der Waals surface area contributed by atoms with Gasteiger partial charge in [-0.3, -0.25) is 0 Å². The van der Waals surface area contributed by atoms with Gasteiger partial charge in [-0.2, -0.15) is 0 Å². The Balaban J connectivity index is 3.11. The van der Waals surface area contributed by atoms with Crippen LogP contribution in [0.4, 0.5) is 0 Å². The Labute approximate surface area is 103 Å². The fraction of sp³-hybridized carbons (Fsp3) is 0.500. The zero-order chi connectivity index (χ0) is 12.9. The lowest BCUT2D eigenvalue weighted by atomic mass is 9.94. The average molecular weight is 257 g/mol. The van der Waals surface area contributed by atoms with Crippen molar-refractivity contribution in [1.82, 2.24) is 0 Å². The molecule has 1 aromatic rings. The van der Waals surface area contributed by atoms with Gasteiger partial charge in [0.25, 0.3) is 0 Å². The molecule has 1 rings (SSSR count). The van der Waals surface area contributed by atoms with Crippen LogP contribution in [0, 0.1) is 0 Å². The van der Waals surface area contributed by atoms with Crippen molar-refractivity contribution < 1.29 is 13.5 Å². The molecule has 0 saturated carbocycles. The van der Waals surface area contributed by atoms with E-state index in [1.807, 2.05) is 0 Å². The summed E-state index contributed by atoms with van der Waals surface area (Å²) in [5.74, 6) is -0.163. The highest BCUT2D eigenvalue weighted by Gasteiger charge is 2.19. The molecule has 3 N–H and O–H groups in total. The molecule has 0 heterocycles. The maximum Gasteiger partial charge on any atom is 0.238 e. The van der Waals surface area contributed by atoms with Crippen molar-refractivity contribution in [3.05, 3.63) is 29.8 Å². The first-order chi connectivity index (χ1) is 8.00. The van der Waals surface area contributed by atoms with E-state index in [1.165, 1.54) is 6.07 Å². The standard InChI is InChI=1S/C12H19NO3S/c1-2-3-6-10(9-14)11-7-4-5-8-12(11)17(13,15)16/h4-5,7-8,10,14H,2-3,6,9H2,1H3,(H2,13,15,16). The van der Waals surface area contributed by atoms with Gasteiger partial charge in [-0.05, 0) is 18.1 Å². The summed E-state index contributed by atoms with van der Waals surface area (Å²) in [5, 5.41) is 14.5. The van der Waals surface area contributed by atoms with Gasteiger partial charge in [0.15, 0.2) is 0 Å². The Morgan fingerprint density at radius 2 is 2.00 bits per heavy atom. The molecule has 0 aliphatic heterocycles. The van der Waals surface area contributed by atoms with Crippen LogP contribution in [0.5, 0.6) is 0 Å². The molecule has 0 amide bonds. The number of aliphatic hydroxyl groups excluding tert-OH is 1. The minimum atomic E-state index is -3.72. The molecule has 0 bridgehead atoms. The quantitative estimate of drug-likeness (QED) is 0.812. The zero-order valence-corrected chi connectivity index (χ0v) is 10.8. The first kappa shape index (κ1) is 14.2. The van der Waals surface area contributed by atoms with Gasteiger partial charge in [0.1, 0.15) is 0 Å². The van der Waals surface area contributed by atoms with Crippen LogP contribution in [0.2, 0.25) is 0 Å². The van der Waals surface area contributed by atoms with E-state index in [0.717, 1.165) is 19.3 Å². The van der Waals surface area contributed by atoms with Gasteiger partial charge in [-0.1, -0.05) is 38.0 Å². The van der Waals surface area contributed by atoms with Gasteiger partial charge < -0.3 is 5.11 Å². The number of nitrogens with two attached hydrogens (primary N) is 1. The van der Waals surface area contributed by atoms with E-state index in [0.29, 0.717) is 5.56 Å². The van der Waals surface area contributed by atoms with Crippen molar-refractivity contribution in [3.63, 3.8) is 0 Å². The lowest BCUT2D eigenvalue weighted by Crippen LogP contribution is -2.17. The molecule has 0 aliphatic carbocycles. The number of unbranched alkanes of at least 4 members (excludes halogenated alkanes) is 1. The fourth-order valence-corrected chi connectivity index (χ4v) is 2.70. The highest BCUT2D eigenvalue weighted by atomic mass is 32.2. The Morgan fingerprint density at radius 3 is 2.53 bits per heavy atom. The fourth-order valence-electron chi connectivity index (χ4n) is 1.87. The van der Waals surface area contributed by atoms with Crippen LogP contribution < -0.4 is 5.14 Å². The average Bonchev–Trinajstić information content (AvgIpc) is 2.29. The Morgan fingerprint density at radius 1 is 1.35 bits per heavy atom. The molecule has 0 spiro atoms. The second-order valence-electron chi connectivity index (χ2n) is 4.10. The van der Waals surface area contributed by atoms with Crippen molar-refractivity contribution in [2.24, 2.45) is 5.14 Å². The predicted octanol–water partition coefficient (Wildman–Crippen LogP) is 1.60. The highest BCUT2D eigenvalue weighted by molar-refractivity contribution is 7.89. The highest BCUT2D eigenvalue weighted by Crippen LogP contribution is 2.27. The van der Waals surface area contributed by atoms with E-state index in [2.05, 4.69) is 6.92 Å². The number of primary sulfonamides is 1. The van der Waals surface area contributed by atoms with Crippen LogP contribution in [0.1, 0.15) is 37.7 Å². The van der Waals surface area contributed by atoms with Crippen molar-refractivity contribution in [1.29, 1.82) is 0 Å². The number of benzene rings is 1. The van der Waals surface area contributed by atoms with E-state index in [-0.39, 0.29) is 17.4 Å². The summed E-state index contributed by atoms with van der Waals surface area (Å²) in [4.78, 5) is 0.121. The Kier molecular flexibility index (Phi) is 5.11. The third kappa shape index (κ3) is 3.80. The molecule has 1 unspecified atom stereocenters. The summed E-state index contributed by atoms with van der Waals surface area (Å²) in [7, 11) is -3.72. The van der Waals surface area contributed by atoms with Crippen LogP contribution in [0.25, 0.3) is 0 Å². The molecule has 0 aromatic heterocycles. The summed E-state index contributed by atoms with van der Waals surface area (Å²) >= 11 is 0. The molecule has 0 saturated heterocycles. The summed E-state index contributed by atoms with van der Waals surface area (Å²) in [6, 6.07) is 6.60. The van der Waals surface area contributed by atoms with Gasteiger partial charge in [-0.15, -0.1) is 0 Å². The van der Waals surface area contributed by atoms with Gasteiger partial charge in [0.05, 0.1) is 4.90 Å². The third-order valence-corrected chi connectivity index (χ3v) is 3.78. The van der Waals surface area contributed by atoms with Crippen LogP contribution in [-0.2, 0) is 10.0 Å². The van der Waals surface area contributed by atoms with Crippen LogP contribution in [0.15, 0.2) is 29.2 Å². The molecular weight excluding hydrogens is 238 g/mol. The third-order valence-electron chi connectivity index (χ3n) is 2.79. The van der Waals surface area contributed by atoms with Crippen LogP contribution in [0.3, 0.4) is 0 Å². The summed E-state index contributed by atoms with van der Waals surface area (Å²) in [5.41, 5.74) is 0.617. The summed E-state index contributed by atoms with van der Waals surface area (Å²) in [6.07, 6.45) is 2.72. The molecular formula is C12H19NO3S. The lowest BCUT2D eigenvalue weighted by molar-refractivity contribution is 0.255. The van der Waals surface area contributed by atoms with E-state index in [4.69, 9.17) is 5.14 Å².